The topological polar surface area (TPSA) is 33.1 Å². The second-order valence-electron chi connectivity index (χ2n) is 5.95. The summed E-state index contributed by atoms with van der Waals surface area (Å²) in [6, 6.07) is 7.17. The van der Waals surface area contributed by atoms with E-state index in [0.29, 0.717) is 6.04 Å². The summed E-state index contributed by atoms with van der Waals surface area (Å²) in [5.41, 5.74) is 3.72. The van der Waals surface area contributed by atoms with Gasteiger partial charge in [0.15, 0.2) is 0 Å². The number of hydrogen-bond acceptors (Lipinski definition) is 3. The van der Waals surface area contributed by atoms with Gasteiger partial charge in [0.05, 0.1) is 17.4 Å². The monoisotopic (exact) mass is 272 g/mol. The molecule has 1 aliphatic rings. The Morgan fingerprint density at radius 3 is 3.00 bits per heavy atom. The van der Waals surface area contributed by atoms with Gasteiger partial charge in [-0.2, -0.15) is 0 Å². The minimum absolute atomic E-state index is 0.461. The highest BCUT2D eigenvalue weighted by molar-refractivity contribution is 5.76. The van der Waals surface area contributed by atoms with E-state index < -0.39 is 0 Å². The second-order valence-corrected chi connectivity index (χ2v) is 5.95. The number of rotatable bonds is 3. The van der Waals surface area contributed by atoms with Crippen molar-refractivity contribution < 1.29 is 0 Å². The number of aromatic nitrogens is 2. The van der Waals surface area contributed by atoms with Crippen LogP contribution in [0.4, 0.5) is 0 Å². The standard InChI is InChI=1S/C16H24N4/c1-13(2)20-12-18-15-10-14(4-5-16(15)20)11-19-8-3-6-17-7-9-19/h4-5,10,12-13,17H,3,6-9,11H2,1-2H3. The van der Waals surface area contributed by atoms with Crippen LogP contribution >= 0.6 is 0 Å². The Balaban J connectivity index is 1.78. The summed E-state index contributed by atoms with van der Waals surface area (Å²) in [7, 11) is 0. The van der Waals surface area contributed by atoms with Crippen LogP contribution in [0.1, 0.15) is 31.9 Å². The normalized spacial score (nSPS) is 17.8. The first-order valence-electron chi connectivity index (χ1n) is 7.62. The fraction of sp³-hybridized carbons (Fsp3) is 0.562. The maximum atomic E-state index is 4.54. The molecule has 3 rings (SSSR count). The Hall–Kier alpha value is -1.39. The van der Waals surface area contributed by atoms with Gasteiger partial charge in [0.2, 0.25) is 0 Å². The van der Waals surface area contributed by atoms with E-state index in [2.05, 4.69) is 51.8 Å². The van der Waals surface area contributed by atoms with Gasteiger partial charge in [-0.1, -0.05) is 6.07 Å². The van der Waals surface area contributed by atoms with Crippen molar-refractivity contribution in [1.29, 1.82) is 0 Å². The van der Waals surface area contributed by atoms with E-state index in [9.17, 15) is 0 Å². The molecule has 1 fully saturated rings. The van der Waals surface area contributed by atoms with Gasteiger partial charge in [0.1, 0.15) is 0 Å². The van der Waals surface area contributed by atoms with Gasteiger partial charge >= 0.3 is 0 Å². The first-order valence-corrected chi connectivity index (χ1v) is 7.62. The quantitative estimate of drug-likeness (QED) is 0.931. The average Bonchev–Trinajstić information content (AvgIpc) is 2.68. The van der Waals surface area contributed by atoms with E-state index in [1.807, 2.05) is 6.33 Å². The molecule has 4 nitrogen and oxygen atoms in total. The molecule has 1 aromatic heterocycles. The predicted molar refractivity (Wildman–Crippen MR) is 82.9 cm³/mol. The number of imidazole rings is 1. The number of hydrogen-bond donors (Lipinski definition) is 1. The van der Waals surface area contributed by atoms with E-state index in [-0.39, 0.29) is 0 Å². The van der Waals surface area contributed by atoms with E-state index in [4.69, 9.17) is 0 Å². The molecule has 0 amide bonds. The van der Waals surface area contributed by atoms with Crippen molar-refractivity contribution in [1.82, 2.24) is 19.8 Å². The van der Waals surface area contributed by atoms with Crippen molar-refractivity contribution in [3.05, 3.63) is 30.1 Å². The molecule has 0 aliphatic carbocycles. The summed E-state index contributed by atoms with van der Waals surface area (Å²) in [5, 5.41) is 3.45. The molecule has 0 unspecified atom stereocenters. The largest absolute Gasteiger partial charge is 0.328 e. The van der Waals surface area contributed by atoms with Crippen molar-refractivity contribution in [2.75, 3.05) is 26.2 Å². The van der Waals surface area contributed by atoms with Gasteiger partial charge in [-0.15, -0.1) is 0 Å². The first kappa shape index (κ1) is 13.6. The molecular weight excluding hydrogens is 248 g/mol. The van der Waals surface area contributed by atoms with Gasteiger partial charge < -0.3 is 9.88 Å². The van der Waals surface area contributed by atoms with Crippen molar-refractivity contribution in [2.45, 2.75) is 32.9 Å². The minimum atomic E-state index is 0.461. The molecule has 2 aromatic rings. The number of nitrogens with one attached hydrogen (secondary N) is 1. The third-order valence-electron chi connectivity index (χ3n) is 4.03. The molecule has 0 spiro atoms. The second kappa shape index (κ2) is 5.94. The maximum Gasteiger partial charge on any atom is 0.0960 e. The maximum absolute atomic E-state index is 4.54. The molecule has 1 saturated heterocycles. The third kappa shape index (κ3) is 2.86. The Labute approximate surface area is 120 Å². The molecule has 1 aliphatic heterocycles. The zero-order valence-corrected chi connectivity index (χ0v) is 12.5. The lowest BCUT2D eigenvalue weighted by molar-refractivity contribution is 0.284. The molecule has 1 N–H and O–H groups in total. The molecule has 0 saturated carbocycles. The van der Waals surface area contributed by atoms with Crippen molar-refractivity contribution in [2.24, 2.45) is 0 Å². The van der Waals surface area contributed by atoms with Crippen LogP contribution in [0.15, 0.2) is 24.5 Å². The highest BCUT2D eigenvalue weighted by Gasteiger charge is 2.11. The fourth-order valence-corrected chi connectivity index (χ4v) is 2.91. The zero-order valence-electron chi connectivity index (χ0n) is 12.5. The lowest BCUT2D eigenvalue weighted by Gasteiger charge is -2.19. The van der Waals surface area contributed by atoms with Crippen molar-refractivity contribution in [3.8, 4) is 0 Å². The summed E-state index contributed by atoms with van der Waals surface area (Å²) in [4.78, 5) is 7.07. The smallest absolute Gasteiger partial charge is 0.0960 e. The molecular formula is C16H24N4. The van der Waals surface area contributed by atoms with Crippen LogP contribution in [0.25, 0.3) is 11.0 Å². The summed E-state index contributed by atoms with van der Waals surface area (Å²) < 4.78 is 2.23. The van der Waals surface area contributed by atoms with Crippen LogP contribution in [0.5, 0.6) is 0 Å². The molecule has 0 atom stereocenters. The first-order chi connectivity index (χ1) is 9.74. The molecule has 0 bridgehead atoms. The van der Waals surface area contributed by atoms with Crippen LogP contribution in [0.2, 0.25) is 0 Å². The van der Waals surface area contributed by atoms with Crippen LogP contribution < -0.4 is 5.32 Å². The number of benzene rings is 1. The van der Waals surface area contributed by atoms with Crippen molar-refractivity contribution >= 4 is 11.0 Å². The van der Waals surface area contributed by atoms with Gasteiger partial charge in [0.25, 0.3) is 0 Å². The van der Waals surface area contributed by atoms with Crippen LogP contribution in [0, 0.1) is 0 Å². The van der Waals surface area contributed by atoms with E-state index in [0.717, 1.165) is 31.7 Å². The molecule has 0 radical (unpaired) electrons. The van der Waals surface area contributed by atoms with Crippen LogP contribution in [0.3, 0.4) is 0 Å². The summed E-state index contributed by atoms with van der Waals surface area (Å²) in [6.07, 6.45) is 3.19. The average molecular weight is 272 g/mol. The lowest BCUT2D eigenvalue weighted by atomic mass is 10.1. The van der Waals surface area contributed by atoms with Crippen LogP contribution in [-0.4, -0.2) is 40.6 Å². The molecule has 108 valence electrons. The van der Waals surface area contributed by atoms with Gasteiger partial charge in [0, 0.05) is 25.7 Å². The number of fused-ring (bicyclic) bond motifs is 1. The van der Waals surface area contributed by atoms with E-state index >= 15 is 0 Å². The summed E-state index contributed by atoms with van der Waals surface area (Å²) in [5.74, 6) is 0. The SMILES string of the molecule is CC(C)n1cnc2cc(CN3CCCNCC3)ccc21. The van der Waals surface area contributed by atoms with Gasteiger partial charge in [-0.3, -0.25) is 4.90 Å². The van der Waals surface area contributed by atoms with Crippen LogP contribution in [-0.2, 0) is 6.54 Å². The third-order valence-corrected chi connectivity index (χ3v) is 4.03. The predicted octanol–water partition coefficient (Wildman–Crippen LogP) is 2.41. The van der Waals surface area contributed by atoms with Gasteiger partial charge in [-0.05, 0) is 51.1 Å². The molecule has 4 heteroatoms. The highest BCUT2D eigenvalue weighted by atomic mass is 15.1. The highest BCUT2D eigenvalue weighted by Crippen LogP contribution is 2.19. The van der Waals surface area contributed by atoms with Crippen molar-refractivity contribution in [3.63, 3.8) is 0 Å². The minimum Gasteiger partial charge on any atom is -0.328 e. The lowest BCUT2D eigenvalue weighted by Crippen LogP contribution is -2.27. The molecule has 1 aromatic carbocycles. The zero-order chi connectivity index (χ0) is 13.9. The molecule has 2 heterocycles. The summed E-state index contributed by atoms with van der Waals surface area (Å²) >= 11 is 0. The Morgan fingerprint density at radius 1 is 1.25 bits per heavy atom. The summed E-state index contributed by atoms with van der Waals surface area (Å²) in [6.45, 7) is 9.99. The fourth-order valence-electron chi connectivity index (χ4n) is 2.91. The molecule has 20 heavy (non-hydrogen) atoms. The Morgan fingerprint density at radius 2 is 2.15 bits per heavy atom. The number of nitrogens with zero attached hydrogens (tertiary/aromatic N) is 3. The Kier molecular flexibility index (Phi) is 4.03. The van der Waals surface area contributed by atoms with E-state index in [1.165, 1.54) is 24.0 Å². The van der Waals surface area contributed by atoms with Gasteiger partial charge in [-0.25, -0.2) is 4.98 Å². The Bertz CT molecular complexity index is 565. The van der Waals surface area contributed by atoms with E-state index in [1.54, 1.807) is 0 Å².